The first kappa shape index (κ1) is 19.4. The average Bonchev–Trinajstić information content (AvgIpc) is 2.69. The molecule has 0 fully saturated rings. The predicted octanol–water partition coefficient (Wildman–Crippen LogP) is 3.23. The highest BCUT2D eigenvalue weighted by Gasteiger charge is 2.18. The minimum absolute atomic E-state index is 0.0190. The first-order valence-electron chi connectivity index (χ1n) is 8.23. The van der Waals surface area contributed by atoms with E-state index in [1.165, 1.54) is 60.7 Å². The maximum atomic E-state index is 12.2. The van der Waals surface area contributed by atoms with Crippen LogP contribution in [0.4, 0.5) is 0 Å². The molecule has 0 bridgehead atoms. The van der Waals surface area contributed by atoms with Crippen LogP contribution in [0, 0.1) is 0 Å². The van der Waals surface area contributed by atoms with Crippen molar-refractivity contribution in [2.75, 3.05) is 0 Å². The molecule has 0 saturated heterocycles. The first-order valence-corrected chi connectivity index (χ1v) is 8.23. The predicted molar refractivity (Wildman–Crippen MR) is 99.5 cm³/mol. The average molecular weight is 394 g/mol. The highest BCUT2D eigenvalue weighted by Crippen LogP contribution is 2.26. The Bertz CT molecular complexity index is 1070. The summed E-state index contributed by atoms with van der Waals surface area (Å²) in [5.74, 6) is -3.32. The molecule has 0 atom stereocenters. The van der Waals surface area contributed by atoms with Crippen molar-refractivity contribution in [1.82, 2.24) is 0 Å². The molecule has 0 radical (unpaired) electrons. The van der Waals surface area contributed by atoms with E-state index in [4.69, 9.17) is 9.47 Å². The molecule has 0 unspecified atom stereocenters. The SMILES string of the molecule is O=C(Oc1ccc(OC(=O)c2ccc(O)cc2)c(C(=O)O)c1)c1ccc(O)cc1. The van der Waals surface area contributed by atoms with Crippen LogP contribution < -0.4 is 9.47 Å². The van der Waals surface area contributed by atoms with E-state index >= 15 is 0 Å². The van der Waals surface area contributed by atoms with Crippen LogP contribution in [0.15, 0.2) is 66.7 Å². The Labute approximate surface area is 164 Å². The molecule has 0 heterocycles. The van der Waals surface area contributed by atoms with Gasteiger partial charge in [-0.25, -0.2) is 14.4 Å². The van der Waals surface area contributed by atoms with E-state index in [9.17, 15) is 29.7 Å². The molecule has 8 nitrogen and oxygen atoms in total. The van der Waals surface area contributed by atoms with E-state index in [0.717, 1.165) is 6.07 Å². The maximum Gasteiger partial charge on any atom is 0.343 e. The Morgan fingerprint density at radius 3 is 1.62 bits per heavy atom. The van der Waals surface area contributed by atoms with Crippen LogP contribution in [0.1, 0.15) is 31.1 Å². The summed E-state index contributed by atoms with van der Waals surface area (Å²) in [6.07, 6.45) is 0. The van der Waals surface area contributed by atoms with Gasteiger partial charge in [0.25, 0.3) is 0 Å². The third-order valence-corrected chi connectivity index (χ3v) is 3.80. The lowest BCUT2D eigenvalue weighted by atomic mass is 10.1. The number of carbonyl (C=O) groups is 3. The van der Waals surface area contributed by atoms with Gasteiger partial charge in [-0.1, -0.05) is 0 Å². The van der Waals surface area contributed by atoms with Crippen molar-refractivity contribution in [2.24, 2.45) is 0 Å². The fraction of sp³-hybridized carbons (Fsp3) is 0. The normalized spacial score (nSPS) is 10.2. The maximum absolute atomic E-state index is 12.2. The second-order valence-electron chi connectivity index (χ2n) is 5.84. The lowest BCUT2D eigenvalue weighted by Crippen LogP contribution is -2.12. The van der Waals surface area contributed by atoms with Gasteiger partial charge < -0.3 is 24.8 Å². The quantitative estimate of drug-likeness (QED) is 0.444. The Balaban J connectivity index is 1.80. The van der Waals surface area contributed by atoms with Gasteiger partial charge in [-0.05, 0) is 66.7 Å². The first-order chi connectivity index (χ1) is 13.8. The van der Waals surface area contributed by atoms with E-state index in [2.05, 4.69) is 0 Å². The molecule has 3 aromatic rings. The van der Waals surface area contributed by atoms with Crippen LogP contribution in [0.5, 0.6) is 23.0 Å². The molecule has 0 aromatic heterocycles. The number of phenolic OH excluding ortho intramolecular Hbond substituents is 2. The number of hydrogen-bond acceptors (Lipinski definition) is 7. The van der Waals surface area contributed by atoms with Crippen LogP contribution in [-0.2, 0) is 0 Å². The molecule has 8 heteroatoms. The van der Waals surface area contributed by atoms with Crippen LogP contribution >= 0.6 is 0 Å². The Morgan fingerprint density at radius 1 is 0.655 bits per heavy atom. The molecule has 3 rings (SSSR count). The molecule has 29 heavy (non-hydrogen) atoms. The number of aromatic hydroxyl groups is 2. The van der Waals surface area contributed by atoms with Gasteiger partial charge in [0.1, 0.15) is 28.6 Å². The topological polar surface area (TPSA) is 130 Å². The molecule has 3 N–H and O–H groups in total. The van der Waals surface area contributed by atoms with Crippen molar-refractivity contribution in [2.45, 2.75) is 0 Å². The molecular weight excluding hydrogens is 380 g/mol. The number of phenols is 2. The number of rotatable bonds is 5. The van der Waals surface area contributed by atoms with E-state index in [-0.39, 0.29) is 39.7 Å². The lowest BCUT2D eigenvalue weighted by Gasteiger charge is -2.10. The van der Waals surface area contributed by atoms with Gasteiger partial charge in [-0.15, -0.1) is 0 Å². The van der Waals surface area contributed by atoms with Gasteiger partial charge in [-0.2, -0.15) is 0 Å². The summed E-state index contributed by atoms with van der Waals surface area (Å²) in [5.41, 5.74) is -0.113. The zero-order chi connectivity index (χ0) is 21.0. The van der Waals surface area contributed by atoms with Crippen molar-refractivity contribution in [3.8, 4) is 23.0 Å². The minimum atomic E-state index is -1.39. The van der Waals surface area contributed by atoms with E-state index in [1.807, 2.05) is 0 Å². The summed E-state index contributed by atoms with van der Waals surface area (Å²) in [4.78, 5) is 35.8. The summed E-state index contributed by atoms with van der Waals surface area (Å²) in [6, 6.07) is 14.1. The standard InChI is InChI=1S/C21H14O8/c22-14-5-1-12(2-6-14)20(26)28-16-9-10-18(17(11-16)19(24)25)29-21(27)13-3-7-15(23)8-4-13/h1-11,22-23H,(H,24,25). The number of carbonyl (C=O) groups excluding carboxylic acids is 2. The zero-order valence-electron chi connectivity index (χ0n) is 14.7. The third kappa shape index (κ3) is 4.69. The van der Waals surface area contributed by atoms with Gasteiger partial charge >= 0.3 is 17.9 Å². The molecular formula is C21H14O8. The van der Waals surface area contributed by atoms with Crippen LogP contribution in [0.2, 0.25) is 0 Å². The highest BCUT2D eigenvalue weighted by molar-refractivity contribution is 5.96. The zero-order valence-corrected chi connectivity index (χ0v) is 14.7. The molecule has 0 aliphatic rings. The minimum Gasteiger partial charge on any atom is -0.508 e. The molecule has 0 aliphatic heterocycles. The summed E-state index contributed by atoms with van der Waals surface area (Å²) in [7, 11) is 0. The van der Waals surface area contributed by atoms with E-state index < -0.39 is 17.9 Å². The van der Waals surface area contributed by atoms with Gasteiger partial charge in [0.05, 0.1) is 11.1 Å². The Kier molecular flexibility index (Phi) is 5.45. The van der Waals surface area contributed by atoms with Gasteiger partial charge in [0, 0.05) is 0 Å². The summed E-state index contributed by atoms with van der Waals surface area (Å²) < 4.78 is 10.3. The molecule has 0 saturated carbocycles. The molecule has 3 aromatic carbocycles. The monoisotopic (exact) mass is 394 g/mol. The fourth-order valence-electron chi connectivity index (χ4n) is 2.35. The van der Waals surface area contributed by atoms with Crippen LogP contribution in [-0.4, -0.2) is 33.2 Å². The van der Waals surface area contributed by atoms with Crippen molar-refractivity contribution >= 4 is 17.9 Å². The number of aromatic carboxylic acids is 1. The van der Waals surface area contributed by atoms with Crippen molar-refractivity contribution in [1.29, 1.82) is 0 Å². The highest BCUT2D eigenvalue weighted by atomic mass is 16.5. The number of hydrogen-bond donors (Lipinski definition) is 3. The Morgan fingerprint density at radius 2 is 1.14 bits per heavy atom. The smallest absolute Gasteiger partial charge is 0.343 e. The van der Waals surface area contributed by atoms with Crippen LogP contribution in [0.3, 0.4) is 0 Å². The Hall–Kier alpha value is -4.33. The largest absolute Gasteiger partial charge is 0.508 e. The molecule has 0 amide bonds. The van der Waals surface area contributed by atoms with Gasteiger partial charge in [-0.3, -0.25) is 0 Å². The second-order valence-corrected chi connectivity index (χ2v) is 5.84. The third-order valence-electron chi connectivity index (χ3n) is 3.80. The lowest BCUT2D eigenvalue weighted by molar-refractivity contribution is 0.0670. The summed E-state index contributed by atoms with van der Waals surface area (Å²) in [6.45, 7) is 0. The van der Waals surface area contributed by atoms with Crippen molar-refractivity contribution in [3.63, 3.8) is 0 Å². The number of ether oxygens (including phenoxy) is 2. The second kappa shape index (κ2) is 8.13. The summed E-state index contributed by atoms with van der Waals surface area (Å²) >= 11 is 0. The van der Waals surface area contributed by atoms with Gasteiger partial charge in [0.2, 0.25) is 0 Å². The number of carboxylic acids is 1. The van der Waals surface area contributed by atoms with Crippen LogP contribution in [0.25, 0.3) is 0 Å². The number of benzene rings is 3. The van der Waals surface area contributed by atoms with Gasteiger partial charge in [0.15, 0.2) is 0 Å². The number of carboxylic acid groups (broad SMARTS) is 1. The fourth-order valence-corrected chi connectivity index (χ4v) is 2.35. The van der Waals surface area contributed by atoms with E-state index in [1.54, 1.807) is 0 Å². The van der Waals surface area contributed by atoms with E-state index in [0.29, 0.717) is 0 Å². The molecule has 146 valence electrons. The van der Waals surface area contributed by atoms with Crippen molar-refractivity contribution < 1.29 is 39.2 Å². The van der Waals surface area contributed by atoms with Crippen molar-refractivity contribution in [3.05, 3.63) is 83.4 Å². The molecule has 0 aliphatic carbocycles. The summed E-state index contributed by atoms with van der Waals surface area (Å²) in [5, 5.41) is 27.9. The molecule has 0 spiro atoms. The number of esters is 2.